The highest BCUT2D eigenvalue weighted by Gasteiger charge is 2.14. The van der Waals surface area contributed by atoms with Crippen LogP contribution in [0.5, 0.6) is 0 Å². The third kappa shape index (κ3) is 3.78. The normalized spacial score (nSPS) is 10.2. The van der Waals surface area contributed by atoms with Gasteiger partial charge in [0, 0.05) is 11.1 Å². The Hall–Kier alpha value is -2.96. The first-order chi connectivity index (χ1) is 10.5. The summed E-state index contributed by atoms with van der Waals surface area (Å²) in [6.07, 6.45) is 0. The fourth-order valence-electron chi connectivity index (χ4n) is 1.92. The number of ether oxygens (including phenoxy) is 1. The predicted octanol–water partition coefficient (Wildman–Crippen LogP) is 0.302. The monoisotopic (exact) mass is 301 g/mol. The molecule has 0 aliphatic carbocycles. The zero-order valence-corrected chi connectivity index (χ0v) is 12.0. The molecule has 22 heavy (non-hydrogen) atoms. The third-order valence-electron chi connectivity index (χ3n) is 2.86. The summed E-state index contributed by atoms with van der Waals surface area (Å²) in [5, 5.41) is 2.88. The van der Waals surface area contributed by atoms with Crippen molar-refractivity contribution in [3.05, 3.63) is 41.6 Å². The largest absolute Gasteiger partial charge is 0.452 e. The molecule has 1 aromatic carbocycles. The van der Waals surface area contributed by atoms with Crippen molar-refractivity contribution in [2.45, 2.75) is 6.92 Å². The van der Waals surface area contributed by atoms with Crippen LogP contribution >= 0.6 is 0 Å². The van der Waals surface area contributed by atoms with E-state index in [-0.39, 0.29) is 6.54 Å². The molecule has 0 bridgehead atoms. The summed E-state index contributed by atoms with van der Waals surface area (Å²) in [6, 6.07) is 8.76. The Morgan fingerprint density at radius 2 is 2.00 bits per heavy atom. The Bertz CT molecular complexity index is 743. The number of esters is 1. The zero-order chi connectivity index (χ0) is 16.1. The van der Waals surface area contributed by atoms with Crippen LogP contribution in [0.2, 0.25) is 0 Å². The van der Waals surface area contributed by atoms with Crippen LogP contribution in [0.4, 0.5) is 0 Å². The fraction of sp³-hybridized carbons (Fsp3) is 0.200. The maximum Gasteiger partial charge on any atom is 0.339 e. The molecule has 114 valence electrons. The first-order valence-corrected chi connectivity index (χ1v) is 6.56. The summed E-state index contributed by atoms with van der Waals surface area (Å²) in [5.74, 6) is -1.89. The van der Waals surface area contributed by atoms with Gasteiger partial charge in [-0.2, -0.15) is 0 Å². The van der Waals surface area contributed by atoms with Gasteiger partial charge in [-0.05, 0) is 19.1 Å². The number of para-hydroxylation sites is 1. The number of carbonyl (C=O) groups excluding carboxylic acids is 3. The number of nitrogens with zero attached hydrogens (tertiary/aromatic N) is 1. The van der Waals surface area contributed by atoms with Crippen LogP contribution in [0.15, 0.2) is 30.3 Å². The number of amides is 2. The molecule has 0 aliphatic heterocycles. The average molecular weight is 301 g/mol. The van der Waals surface area contributed by atoms with Crippen molar-refractivity contribution in [1.29, 1.82) is 0 Å². The van der Waals surface area contributed by atoms with E-state index in [1.165, 1.54) is 0 Å². The van der Waals surface area contributed by atoms with Crippen LogP contribution in [0.1, 0.15) is 16.1 Å². The second-order valence-corrected chi connectivity index (χ2v) is 4.65. The highest BCUT2D eigenvalue weighted by Crippen LogP contribution is 2.18. The summed E-state index contributed by atoms with van der Waals surface area (Å²) < 4.78 is 4.95. The molecule has 2 rings (SSSR count). The molecule has 0 fully saturated rings. The maximum atomic E-state index is 12.1. The topological polar surface area (TPSA) is 111 Å². The third-order valence-corrected chi connectivity index (χ3v) is 2.86. The molecule has 0 aliphatic rings. The van der Waals surface area contributed by atoms with Crippen molar-refractivity contribution in [2.24, 2.45) is 5.73 Å². The second-order valence-electron chi connectivity index (χ2n) is 4.65. The number of aryl methyl sites for hydroxylation is 1. The highest BCUT2D eigenvalue weighted by molar-refractivity contribution is 6.04. The summed E-state index contributed by atoms with van der Waals surface area (Å²) >= 11 is 0. The van der Waals surface area contributed by atoms with E-state index in [1.54, 1.807) is 31.2 Å². The molecule has 0 spiro atoms. The standard InChI is InChI=1S/C15H15N3O4/c1-9-6-11(10-4-2-3-5-12(10)18-9)15(21)22-8-14(20)17-7-13(16)19/h2-6H,7-8H2,1H3,(H2,16,19)(H,17,20). The number of fused-ring (bicyclic) bond motifs is 1. The number of rotatable bonds is 5. The van der Waals surface area contributed by atoms with Gasteiger partial charge in [0.05, 0.1) is 17.6 Å². The van der Waals surface area contributed by atoms with E-state index in [4.69, 9.17) is 10.5 Å². The first kappa shape index (κ1) is 15.4. The molecule has 0 saturated carbocycles. The number of aromatic nitrogens is 1. The first-order valence-electron chi connectivity index (χ1n) is 6.56. The van der Waals surface area contributed by atoms with E-state index in [0.29, 0.717) is 22.2 Å². The van der Waals surface area contributed by atoms with Gasteiger partial charge in [-0.1, -0.05) is 18.2 Å². The number of primary amides is 1. The van der Waals surface area contributed by atoms with Crippen molar-refractivity contribution in [3.63, 3.8) is 0 Å². The van der Waals surface area contributed by atoms with Crippen LogP contribution in [-0.4, -0.2) is 35.9 Å². The Morgan fingerprint density at radius 1 is 1.27 bits per heavy atom. The van der Waals surface area contributed by atoms with Gasteiger partial charge < -0.3 is 15.8 Å². The number of hydrogen-bond acceptors (Lipinski definition) is 5. The lowest BCUT2D eigenvalue weighted by atomic mass is 10.1. The van der Waals surface area contributed by atoms with Crippen molar-refractivity contribution in [3.8, 4) is 0 Å². The molecule has 3 N–H and O–H groups in total. The number of benzene rings is 1. The van der Waals surface area contributed by atoms with E-state index >= 15 is 0 Å². The number of pyridine rings is 1. The lowest BCUT2D eigenvalue weighted by Gasteiger charge is -2.08. The van der Waals surface area contributed by atoms with E-state index in [2.05, 4.69) is 10.3 Å². The molecule has 0 atom stereocenters. The van der Waals surface area contributed by atoms with E-state index in [9.17, 15) is 14.4 Å². The Kier molecular flexibility index (Phi) is 4.67. The highest BCUT2D eigenvalue weighted by atomic mass is 16.5. The summed E-state index contributed by atoms with van der Waals surface area (Å²) in [4.78, 5) is 38.4. The number of carbonyl (C=O) groups is 3. The fourth-order valence-corrected chi connectivity index (χ4v) is 1.92. The van der Waals surface area contributed by atoms with Gasteiger partial charge in [-0.3, -0.25) is 14.6 Å². The average Bonchev–Trinajstić information content (AvgIpc) is 2.49. The van der Waals surface area contributed by atoms with Crippen LogP contribution in [-0.2, 0) is 14.3 Å². The van der Waals surface area contributed by atoms with Crippen LogP contribution in [0, 0.1) is 6.92 Å². The summed E-state index contributed by atoms with van der Waals surface area (Å²) in [7, 11) is 0. The van der Waals surface area contributed by atoms with Gasteiger partial charge >= 0.3 is 5.97 Å². The van der Waals surface area contributed by atoms with Gasteiger partial charge in [0.15, 0.2) is 6.61 Å². The number of nitrogens with one attached hydrogen (secondary N) is 1. The smallest absolute Gasteiger partial charge is 0.339 e. The van der Waals surface area contributed by atoms with Gasteiger partial charge in [0.1, 0.15) is 0 Å². The lowest BCUT2D eigenvalue weighted by molar-refractivity contribution is -0.127. The Balaban J connectivity index is 2.10. The van der Waals surface area contributed by atoms with Crippen molar-refractivity contribution in [2.75, 3.05) is 13.2 Å². The second kappa shape index (κ2) is 6.66. The minimum absolute atomic E-state index is 0.298. The van der Waals surface area contributed by atoms with Crippen molar-refractivity contribution < 1.29 is 19.1 Å². The molecule has 7 heteroatoms. The minimum Gasteiger partial charge on any atom is -0.452 e. The molecular formula is C15H15N3O4. The number of nitrogens with two attached hydrogens (primary N) is 1. The molecule has 2 amide bonds. The zero-order valence-electron chi connectivity index (χ0n) is 12.0. The van der Waals surface area contributed by atoms with Crippen LogP contribution in [0.25, 0.3) is 10.9 Å². The van der Waals surface area contributed by atoms with Gasteiger partial charge in [-0.25, -0.2) is 4.79 Å². The summed E-state index contributed by atoms with van der Waals surface area (Å²) in [5.41, 5.74) is 6.58. The van der Waals surface area contributed by atoms with Gasteiger partial charge in [0.25, 0.3) is 5.91 Å². The van der Waals surface area contributed by atoms with Crippen molar-refractivity contribution in [1.82, 2.24) is 10.3 Å². The molecule has 2 aromatic rings. The molecule has 0 unspecified atom stereocenters. The maximum absolute atomic E-state index is 12.1. The quantitative estimate of drug-likeness (QED) is 0.772. The molecule has 1 aromatic heterocycles. The Labute approximate surface area is 126 Å². The van der Waals surface area contributed by atoms with Crippen LogP contribution in [0.3, 0.4) is 0 Å². The van der Waals surface area contributed by atoms with Crippen molar-refractivity contribution >= 4 is 28.7 Å². The predicted molar refractivity (Wildman–Crippen MR) is 79.0 cm³/mol. The minimum atomic E-state index is -0.671. The molecule has 1 heterocycles. The molecule has 0 radical (unpaired) electrons. The van der Waals surface area contributed by atoms with E-state index in [0.717, 1.165) is 0 Å². The van der Waals surface area contributed by atoms with E-state index < -0.39 is 24.4 Å². The molecular weight excluding hydrogens is 286 g/mol. The molecule has 0 saturated heterocycles. The number of hydrogen-bond donors (Lipinski definition) is 2. The van der Waals surface area contributed by atoms with E-state index in [1.807, 2.05) is 6.07 Å². The lowest BCUT2D eigenvalue weighted by Crippen LogP contribution is -2.36. The molecule has 7 nitrogen and oxygen atoms in total. The van der Waals surface area contributed by atoms with Gasteiger partial charge in [-0.15, -0.1) is 0 Å². The van der Waals surface area contributed by atoms with Crippen LogP contribution < -0.4 is 11.1 Å². The SMILES string of the molecule is Cc1cc(C(=O)OCC(=O)NCC(N)=O)c2ccccc2n1. The summed E-state index contributed by atoms with van der Waals surface area (Å²) in [6.45, 7) is 0.984. The van der Waals surface area contributed by atoms with Gasteiger partial charge in [0.2, 0.25) is 5.91 Å². The Morgan fingerprint density at radius 3 is 2.73 bits per heavy atom.